The van der Waals surface area contributed by atoms with E-state index in [1.54, 1.807) is 6.92 Å². The quantitative estimate of drug-likeness (QED) is 0.591. The first-order chi connectivity index (χ1) is 5.61. The van der Waals surface area contributed by atoms with Crippen molar-refractivity contribution in [3.63, 3.8) is 0 Å². The van der Waals surface area contributed by atoms with Gasteiger partial charge in [0.25, 0.3) is 0 Å². The fraction of sp³-hybridized carbons (Fsp3) is 0.778. The molecule has 0 aromatic heterocycles. The number of Topliss-reactive ketones (excluding diaryl/α,β-unsaturated/α-hetero) is 1. The first-order valence-corrected chi connectivity index (χ1v) is 4.27. The zero-order valence-electron chi connectivity index (χ0n) is 7.92. The molecule has 70 valence electrons. The number of carbonyl (C=O) groups is 2. The van der Waals surface area contributed by atoms with Gasteiger partial charge in [0.15, 0.2) is 0 Å². The maximum absolute atomic E-state index is 10.9. The lowest BCUT2D eigenvalue weighted by Gasteiger charge is -2.09. The number of hydrogen-bond donors (Lipinski definition) is 0. The molecular weight excluding hydrogens is 156 g/mol. The second-order valence-corrected chi connectivity index (χ2v) is 2.72. The summed E-state index contributed by atoms with van der Waals surface area (Å²) in [6, 6.07) is 0. The molecule has 0 heterocycles. The maximum atomic E-state index is 10.9. The number of carbonyl (C=O) groups excluding carboxylic acids is 2. The molecule has 0 spiro atoms. The Morgan fingerprint density at radius 1 is 1.33 bits per heavy atom. The van der Waals surface area contributed by atoms with E-state index in [1.807, 2.05) is 6.92 Å². The third-order valence-corrected chi connectivity index (χ3v) is 1.79. The summed E-state index contributed by atoms with van der Waals surface area (Å²) in [5.41, 5.74) is 0. The summed E-state index contributed by atoms with van der Waals surface area (Å²) < 4.78 is 4.73. The number of esters is 1. The van der Waals surface area contributed by atoms with Gasteiger partial charge in [0.05, 0.1) is 13.0 Å². The zero-order valence-corrected chi connectivity index (χ0v) is 7.92. The Hall–Kier alpha value is -0.860. The molecule has 0 aliphatic heterocycles. The zero-order chi connectivity index (χ0) is 9.56. The highest BCUT2D eigenvalue weighted by atomic mass is 16.5. The van der Waals surface area contributed by atoms with Crippen LogP contribution in [0.5, 0.6) is 0 Å². The SMILES string of the molecule is CCOC(=O)CC(CC)C(C)=O. The molecule has 0 aliphatic carbocycles. The van der Waals surface area contributed by atoms with Crippen molar-refractivity contribution >= 4 is 11.8 Å². The van der Waals surface area contributed by atoms with Gasteiger partial charge in [-0.3, -0.25) is 9.59 Å². The molecule has 0 aliphatic rings. The van der Waals surface area contributed by atoms with Crippen LogP contribution in [0.15, 0.2) is 0 Å². The summed E-state index contributed by atoms with van der Waals surface area (Å²) in [7, 11) is 0. The molecule has 0 bridgehead atoms. The van der Waals surface area contributed by atoms with E-state index in [0.29, 0.717) is 13.0 Å². The lowest BCUT2D eigenvalue weighted by Crippen LogP contribution is -2.16. The van der Waals surface area contributed by atoms with Crippen LogP contribution < -0.4 is 0 Å². The maximum Gasteiger partial charge on any atom is 0.306 e. The highest BCUT2D eigenvalue weighted by Crippen LogP contribution is 2.09. The van der Waals surface area contributed by atoms with Gasteiger partial charge in [-0.05, 0) is 20.3 Å². The molecular formula is C9H16O3. The Balaban J connectivity index is 3.85. The number of rotatable bonds is 5. The molecule has 1 unspecified atom stereocenters. The van der Waals surface area contributed by atoms with Crippen LogP contribution in [0.4, 0.5) is 0 Å². The van der Waals surface area contributed by atoms with Crippen molar-refractivity contribution in [3.05, 3.63) is 0 Å². The van der Waals surface area contributed by atoms with Crippen LogP contribution in [0.1, 0.15) is 33.6 Å². The summed E-state index contributed by atoms with van der Waals surface area (Å²) in [5.74, 6) is -0.380. The lowest BCUT2D eigenvalue weighted by atomic mass is 9.98. The molecule has 0 N–H and O–H groups in total. The van der Waals surface area contributed by atoms with Crippen molar-refractivity contribution in [2.75, 3.05) is 6.61 Å². The molecule has 0 radical (unpaired) electrons. The van der Waals surface area contributed by atoms with E-state index >= 15 is 0 Å². The molecule has 1 atom stereocenters. The topological polar surface area (TPSA) is 43.4 Å². The van der Waals surface area contributed by atoms with Gasteiger partial charge in [0.2, 0.25) is 0 Å². The number of hydrogen-bond acceptors (Lipinski definition) is 3. The van der Waals surface area contributed by atoms with E-state index < -0.39 is 0 Å². The molecule has 0 fully saturated rings. The standard InChI is InChI=1S/C9H16O3/c1-4-8(7(3)10)6-9(11)12-5-2/h8H,4-6H2,1-3H3. The lowest BCUT2D eigenvalue weighted by molar-refractivity contribution is -0.146. The largest absolute Gasteiger partial charge is 0.466 e. The Bertz CT molecular complexity index is 163. The molecule has 0 saturated carbocycles. The van der Waals surface area contributed by atoms with Gasteiger partial charge >= 0.3 is 5.97 Å². The van der Waals surface area contributed by atoms with Crippen molar-refractivity contribution in [3.8, 4) is 0 Å². The van der Waals surface area contributed by atoms with Gasteiger partial charge in [0.1, 0.15) is 5.78 Å². The second kappa shape index (κ2) is 5.75. The minimum atomic E-state index is -0.278. The molecule has 0 rings (SSSR count). The van der Waals surface area contributed by atoms with Gasteiger partial charge in [-0.2, -0.15) is 0 Å². The molecule has 0 amide bonds. The van der Waals surface area contributed by atoms with Crippen LogP contribution in [0.2, 0.25) is 0 Å². The van der Waals surface area contributed by atoms with Gasteiger partial charge in [-0.25, -0.2) is 0 Å². The molecule has 0 aromatic carbocycles. The predicted octanol–water partition coefficient (Wildman–Crippen LogP) is 1.55. The summed E-state index contributed by atoms with van der Waals surface area (Å²) in [6.07, 6.45) is 0.924. The number of ether oxygens (including phenoxy) is 1. The summed E-state index contributed by atoms with van der Waals surface area (Å²) >= 11 is 0. The van der Waals surface area contributed by atoms with Crippen LogP contribution in [0.3, 0.4) is 0 Å². The molecule has 3 nitrogen and oxygen atoms in total. The van der Waals surface area contributed by atoms with E-state index in [1.165, 1.54) is 6.92 Å². The minimum absolute atomic E-state index is 0.0607. The van der Waals surface area contributed by atoms with E-state index in [0.717, 1.165) is 0 Å². The minimum Gasteiger partial charge on any atom is -0.466 e. The first kappa shape index (κ1) is 11.1. The Morgan fingerprint density at radius 2 is 1.92 bits per heavy atom. The van der Waals surface area contributed by atoms with Gasteiger partial charge in [-0.15, -0.1) is 0 Å². The van der Waals surface area contributed by atoms with Crippen molar-refractivity contribution in [2.45, 2.75) is 33.6 Å². The fourth-order valence-corrected chi connectivity index (χ4v) is 0.997. The molecule has 3 heteroatoms. The van der Waals surface area contributed by atoms with Crippen molar-refractivity contribution in [1.82, 2.24) is 0 Å². The normalized spacial score (nSPS) is 12.2. The highest BCUT2D eigenvalue weighted by Gasteiger charge is 2.16. The van der Waals surface area contributed by atoms with Gasteiger partial charge in [0, 0.05) is 5.92 Å². The molecule has 12 heavy (non-hydrogen) atoms. The van der Waals surface area contributed by atoms with Crippen LogP contribution in [0, 0.1) is 5.92 Å². The van der Waals surface area contributed by atoms with Crippen LogP contribution in [-0.4, -0.2) is 18.4 Å². The van der Waals surface area contributed by atoms with Gasteiger partial charge in [-0.1, -0.05) is 6.92 Å². The smallest absolute Gasteiger partial charge is 0.306 e. The molecule has 0 aromatic rings. The van der Waals surface area contributed by atoms with Crippen LogP contribution in [0.25, 0.3) is 0 Å². The second-order valence-electron chi connectivity index (χ2n) is 2.72. The van der Waals surface area contributed by atoms with E-state index in [4.69, 9.17) is 4.74 Å². The summed E-state index contributed by atoms with van der Waals surface area (Å²) in [4.78, 5) is 21.8. The monoisotopic (exact) mass is 172 g/mol. The van der Waals surface area contributed by atoms with E-state index in [-0.39, 0.29) is 24.1 Å². The van der Waals surface area contributed by atoms with Crippen molar-refractivity contribution < 1.29 is 14.3 Å². The number of ketones is 1. The Kier molecular flexibility index (Phi) is 5.34. The molecule has 0 saturated heterocycles. The Labute approximate surface area is 73.1 Å². The average molecular weight is 172 g/mol. The Morgan fingerprint density at radius 3 is 2.25 bits per heavy atom. The van der Waals surface area contributed by atoms with Crippen LogP contribution >= 0.6 is 0 Å². The van der Waals surface area contributed by atoms with Gasteiger partial charge < -0.3 is 4.74 Å². The predicted molar refractivity (Wildman–Crippen MR) is 45.7 cm³/mol. The van der Waals surface area contributed by atoms with E-state index in [2.05, 4.69) is 0 Å². The van der Waals surface area contributed by atoms with Crippen LogP contribution in [-0.2, 0) is 14.3 Å². The summed E-state index contributed by atoms with van der Waals surface area (Å²) in [5, 5.41) is 0. The summed E-state index contributed by atoms with van der Waals surface area (Å²) in [6.45, 7) is 5.54. The van der Waals surface area contributed by atoms with E-state index in [9.17, 15) is 9.59 Å². The highest BCUT2D eigenvalue weighted by molar-refractivity contribution is 5.83. The average Bonchev–Trinajstić information content (AvgIpc) is 2.00. The third-order valence-electron chi connectivity index (χ3n) is 1.79. The first-order valence-electron chi connectivity index (χ1n) is 4.27. The van der Waals surface area contributed by atoms with Crippen molar-refractivity contribution in [2.24, 2.45) is 5.92 Å². The third kappa shape index (κ3) is 4.11. The van der Waals surface area contributed by atoms with Crippen molar-refractivity contribution in [1.29, 1.82) is 0 Å². The fourth-order valence-electron chi connectivity index (χ4n) is 0.997.